The van der Waals surface area contributed by atoms with Gasteiger partial charge in [0.2, 0.25) is 0 Å². The van der Waals surface area contributed by atoms with Crippen LogP contribution >= 0.6 is 0 Å². The van der Waals surface area contributed by atoms with Crippen LogP contribution in [0.4, 0.5) is 0 Å². The molecular weight excluding hydrogens is 364 g/mol. The first kappa shape index (κ1) is 20.3. The van der Waals surface area contributed by atoms with Crippen molar-refractivity contribution in [2.75, 3.05) is 0 Å². The summed E-state index contributed by atoms with van der Waals surface area (Å²) in [5, 5.41) is 0. The summed E-state index contributed by atoms with van der Waals surface area (Å²) in [4.78, 5) is 25.0. The molecule has 4 nitrogen and oxygen atoms in total. The van der Waals surface area contributed by atoms with Crippen molar-refractivity contribution in [3.63, 3.8) is 0 Å². The molecule has 0 N–H and O–H groups in total. The first-order valence-corrected chi connectivity index (χ1v) is 9.76. The summed E-state index contributed by atoms with van der Waals surface area (Å²) in [7, 11) is 0. The van der Waals surface area contributed by atoms with Gasteiger partial charge in [0.15, 0.2) is 11.5 Å². The Bertz CT molecular complexity index is 990. The monoisotopic (exact) mass is 388 g/mol. The van der Waals surface area contributed by atoms with Gasteiger partial charge < -0.3 is 9.47 Å². The first-order valence-electron chi connectivity index (χ1n) is 9.76. The van der Waals surface area contributed by atoms with Gasteiger partial charge in [-0.3, -0.25) is 0 Å². The van der Waals surface area contributed by atoms with Gasteiger partial charge in [-0.2, -0.15) is 0 Å². The van der Waals surface area contributed by atoms with Crippen molar-refractivity contribution in [2.45, 2.75) is 33.1 Å². The fourth-order valence-electron chi connectivity index (χ4n) is 2.92. The molecule has 0 bridgehead atoms. The van der Waals surface area contributed by atoms with Crippen molar-refractivity contribution in [3.05, 3.63) is 95.1 Å². The van der Waals surface area contributed by atoms with Gasteiger partial charge in [0.1, 0.15) is 0 Å². The number of aryl methyl sites for hydroxylation is 2. The van der Waals surface area contributed by atoms with E-state index in [1.807, 2.05) is 31.2 Å². The second-order valence-electron chi connectivity index (χ2n) is 6.84. The molecule has 0 aromatic heterocycles. The molecule has 3 rings (SSSR count). The molecule has 4 heteroatoms. The van der Waals surface area contributed by atoms with E-state index in [-0.39, 0.29) is 11.5 Å². The second-order valence-corrected chi connectivity index (χ2v) is 6.84. The van der Waals surface area contributed by atoms with E-state index >= 15 is 0 Å². The summed E-state index contributed by atoms with van der Waals surface area (Å²) in [6, 6.07) is 21.2. The minimum absolute atomic E-state index is 0.202. The van der Waals surface area contributed by atoms with Crippen molar-refractivity contribution in [1.29, 1.82) is 0 Å². The molecule has 3 aromatic carbocycles. The Hall–Kier alpha value is -3.40. The highest BCUT2D eigenvalue weighted by Crippen LogP contribution is 2.28. The lowest BCUT2D eigenvalue weighted by molar-refractivity contribution is 0.0682. The van der Waals surface area contributed by atoms with Crippen LogP contribution < -0.4 is 9.47 Å². The molecule has 0 fully saturated rings. The lowest BCUT2D eigenvalue weighted by atomic mass is 10.1. The van der Waals surface area contributed by atoms with Crippen LogP contribution in [-0.2, 0) is 6.42 Å². The van der Waals surface area contributed by atoms with Gasteiger partial charge in [0.25, 0.3) is 0 Å². The van der Waals surface area contributed by atoms with E-state index in [9.17, 15) is 9.59 Å². The lowest BCUT2D eigenvalue weighted by Crippen LogP contribution is -2.13. The summed E-state index contributed by atoms with van der Waals surface area (Å²) in [6.07, 6.45) is 3.23. The molecule has 0 aliphatic rings. The summed E-state index contributed by atoms with van der Waals surface area (Å²) in [5.74, 6) is -0.582. The normalized spacial score (nSPS) is 10.4. The maximum Gasteiger partial charge on any atom is 0.343 e. The fourth-order valence-corrected chi connectivity index (χ4v) is 2.92. The topological polar surface area (TPSA) is 52.6 Å². The van der Waals surface area contributed by atoms with E-state index in [2.05, 4.69) is 6.92 Å². The van der Waals surface area contributed by atoms with Gasteiger partial charge in [-0.1, -0.05) is 55.8 Å². The molecule has 0 aliphatic heterocycles. The van der Waals surface area contributed by atoms with Crippen LogP contribution in [0.1, 0.15) is 51.6 Å². The van der Waals surface area contributed by atoms with Crippen molar-refractivity contribution < 1.29 is 19.1 Å². The van der Waals surface area contributed by atoms with Crippen LogP contribution in [-0.4, -0.2) is 11.9 Å². The number of unbranched alkanes of at least 4 members (excludes halogenated alkanes) is 1. The third-order valence-corrected chi connectivity index (χ3v) is 4.63. The standard InChI is InChI=1S/C25H24O4/c1-3-4-10-19-14-16-20(17-15-19)24(26)28-22-12-7-8-13-23(22)29-25(27)21-11-6-5-9-18(21)2/h5-9,11-17H,3-4,10H2,1-2H3. The Kier molecular flexibility index (Phi) is 6.80. The zero-order chi connectivity index (χ0) is 20.6. The minimum atomic E-state index is -0.494. The molecule has 148 valence electrons. The predicted octanol–water partition coefficient (Wildman–Crippen LogP) is 5.78. The van der Waals surface area contributed by atoms with E-state index in [0.29, 0.717) is 11.1 Å². The van der Waals surface area contributed by atoms with Gasteiger partial charge in [-0.15, -0.1) is 0 Å². The predicted molar refractivity (Wildman–Crippen MR) is 113 cm³/mol. The van der Waals surface area contributed by atoms with E-state index in [1.54, 1.807) is 48.5 Å². The van der Waals surface area contributed by atoms with Gasteiger partial charge in [0, 0.05) is 0 Å². The summed E-state index contributed by atoms with van der Waals surface area (Å²) in [5.41, 5.74) is 2.92. The molecule has 0 unspecified atom stereocenters. The molecule has 0 atom stereocenters. The second kappa shape index (κ2) is 9.69. The number of hydrogen-bond acceptors (Lipinski definition) is 4. The van der Waals surface area contributed by atoms with Crippen molar-refractivity contribution in [2.24, 2.45) is 0 Å². The molecule has 0 amide bonds. The number of carbonyl (C=O) groups is 2. The summed E-state index contributed by atoms with van der Waals surface area (Å²) >= 11 is 0. The largest absolute Gasteiger partial charge is 0.419 e. The Morgan fingerprint density at radius 1 is 0.759 bits per heavy atom. The molecule has 0 heterocycles. The van der Waals surface area contributed by atoms with Gasteiger partial charge >= 0.3 is 11.9 Å². The van der Waals surface area contributed by atoms with Gasteiger partial charge in [-0.25, -0.2) is 9.59 Å². The molecule has 0 saturated carbocycles. The van der Waals surface area contributed by atoms with E-state index in [1.165, 1.54) is 5.56 Å². The summed E-state index contributed by atoms with van der Waals surface area (Å²) in [6.45, 7) is 3.99. The third-order valence-electron chi connectivity index (χ3n) is 4.63. The molecule has 0 radical (unpaired) electrons. The van der Waals surface area contributed by atoms with Gasteiger partial charge in [0.05, 0.1) is 11.1 Å². The van der Waals surface area contributed by atoms with Gasteiger partial charge in [-0.05, 0) is 61.2 Å². The molecule has 0 spiro atoms. The summed E-state index contributed by atoms with van der Waals surface area (Å²) < 4.78 is 11.0. The quantitative estimate of drug-likeness (QED) is 0.380. The average Bonchev–Trinajstić information content (AvgIpc) is 2.74. The van der Waals surface area contributed by atoms with Crippen LogP contribution in [0.5, 0.6) is 11.5 Å². The highest BCUT2D eigenvalue weighted by molar-refractivity contribution is 5.94. The zero-order valence-electron chi connectivity index (χ0n) is 16.7. The van der Waals surface area contributed by atoms with Crippen LogP contribution in [0, 0.1) is 6.92 Å². The Labute approximate surface area is 171 Å². The molecule has 0 saturated heterocycles. The maximum absolute atomic E-state index is 12.5. The van der Waals surface area contributed by atoms with E-state index in [4.69, 9.17) is 9.47 Å². The lowest BCUT2D eigenvalue weighted by Gasteiger charge is -2.11. The molecule has 3 aromatic rings. The number of para-hydroxylation sites is 2. The highest BCUT2D eigenvalue weighted by atomic mass is 16.6. The Morgan fingerprint density at radius 2 is 1.34 bits per heavy atom. The smallest absolute Gasteiger partial charge is 0.343 e. The van der Waals surface area contributed by atoms with E-state index < -0.39 is 11.9 Å². The van der Waals surface area contributed by atoms with Crippen molar-refractivity contribution in [1.82, 2.24) is 0 Å². The SMILES string of the molecule is CCCCc1ccc(C(=O)Oc2ccccc2OC(=O)c2ccccc2C)cc1. The van der Waals surface area contributed by atoms with Crippen LogP contribution in [0.25, 0.3) is 0 Å². The van der Waals surface area contributed by atoms with Crippen molar-refractivity contribution >= 4 is 11.9 Å². The Morgan fingerprint density at radius 3 is 1.97 bits per heavy atom. The van der Waals surface area contributed by atoms with Crippen LogP contribution in [0.15, 0.2) is 72.8 Å². The number of benzene rings is 3. The van der Waals surface area contributed by atoms with Crippen molar-refractivity contribution in [3.8, 4) is 11.5 Å². The Balaban J connectivity index is 1.72. The number of carbonyl (C=O) groups excluding carboxylic acids is 2. The molecule has 0 aliphatic carbocycles. The van der Waals surface area contributed by atoms with E-state index in [0.717, 1.165) is 24.8 Å². The number of ether oxygens (including phenoxy) is 2. The molecule has 29 heavy (non-hydrogen) atoms. The van der Waals surface area contributed by atoms with Crippen LogP contribution in [0.3, 0.4) is 0 Å². The fraction of sp³-hybridized carbons (Fsp3) is 0.200. The number of esters is 2. The number of rotatable bonds is 7. The third kappa shape index (κ3) is 5.32. The highest BCUT2D eigenvalue weighted by Gasteiger charge is 2.17. The zero-order valence-corrected chi connectivity index (χ0v) is 16.7. The number of hydrogen-bond donors (Lipinski definition) is 0. The first-order chi connectivity index (χ1) is 14.1. The maximum atomic E-state index is 12.5. The minimum Gasteiger partial charge on any atom is -0.419 e. The average molecular weight is 388 g/mol. The van der Waals surface area contributed by atoms with Crippen LogP contribution in [0.2, 0.25) is 0 Å². The molecular formula is C25H24O4.